The van der Waals surface area contributed by atoms with Crippen LogP contribution in [0.4, 0.5) is 8.78 Å². The molecular formula is C14H16F2N2O. The van der Waals surface area contributed by atoms with Crippen molar-refractivity contribution in [1.29, 1.82) is 0 Å². The Bertz CT molecular complexity index is 527. The smallest absolute Gasteiger partial charge is 0.208 e. The van der Waals surface area contributed by atoms with E-state index in [-0.39, 0.29) is 0 Å². The zero-order valence-corrected chi connectivity index (χ0v) is 11.0. The van der Waals surface area contributed by atoms with E-state index < -0.39 is 11.6 Å². The van der Waals surface area contributed by atoms with Crippen LogP contribution in [0.15, 0.2) is 22.6 Å². The number of hydrogen-bond acceptors (Lipinski definition) is 3. The lowest BCUT2D eigenvalue weighted by atomic mass is 10.1. The molecule has 102 valence electrons. The maximum absolute atomic E-state index is 13.0. The fraction of sp³-hybridized carbons (Fsp3) is 0.357. The fourth-order valence-electron chi connectivity index (χ4n) is 1.80. The summed E-state index contributed by atoms with van der Waals surface area (Å²) in [5, 5.41) is 3.13. The number of oxazole rings is 1. The van der Waals surface area contributed by atoms with E-state index in [1.807, 2.05) is 13.8 Å². The predicted molar refractivity (Wildman–Crippen MR) is 67.7 cm³/mol. The second-order valence-corrected chi connectivity index (χ2v) is 4.45. The number of aromatic nitrogens is 1. The molecule has 0 aliphatic carbocycles. The number of aryl methyl sites for hydroxylation is 2. The molecule has 0 radical (unpaired) electrons. The highest BCUT2D eigenvalue weighted by atomic mass is 19.1. The topological polar surface area (TPSA) is 38.1 Å². The molecule has 19 heavy (non-hydrogen) atoms. The fourth-order valence-corrected chi connectivity index (χ4v) is 1.80. The van der Waals surface area contributed by atoms with Gasteiger partial charge in [-0.25, -0.2) is 13.8 Å². The maximum Gasteiger partial charge on any atom is 0.208 e. The summed E-state index contributed by atoms with van der Waals surface area (Å²) in [5.41, 5.74) is 1.51. The molecule has 0 amide bonds. The van der Waals surface area contributed by atoms with E-state index in [2.05, 4.69) is 10.3 Å². The third-order valence-electron chi connectivity index (χ3n) is 2.86. The van der Waals surface area contributed by atoms with Crippen LogP contribution in [0, 0.1) is 25.5 Å². The van der Waals surface area contributed by atoms with Gasteiger partial charge in [0.05, 0.1) is 12.2 Å². The standard InChI is InChI=1S/C14H16F2N2O/c1-9-10(2)19-14(18-9)8-17-4-3-11-5-12(15)7-13(16)6-11/h5-7,17H,3-4,8H2,1-2H3. The van der Waals surface area contributed by atoms with Crippen molar-refractivity contribution >= 4 is 0 Å². The van der Waals surface area contributed by atoms with Crippen molar-refractivity contribution in [2.75, 3.05) is 6.54 Å². The summed E-state index contributed by atoms with van der Waals surface area (Å²) < 4.78 is 31.3. The molecule has 0 saturated carbocycles. The van der Waals surface area contributed by atoms with Crippen LogP contribution in [0.5, 0.6) is 0 Å². The molecule has 0 unspecified atom stereocenters. The molecule has 1 N–H and O–H groups in total. The molecule has 0 fully saturated rings. The van der Waals surface area contributed by atoms with Crippen molar-refractivity contribution in [3.05, 3.63) is 52.7 Å². The Morgan fingerprint density at radius 2 is 1.84 bits per heavy atom. The zero-order valence-electron chi connectivity index (χ0n) is 11.0. The Hall–Kier alpha value is -1.75. The molecule has 0 aliphatic heterocycles. The van der Waals surface area contributed by atoms with Gasteiger partial charge in [0.15, 0.2) is 0 Å². The van der Waals surface area contributed by atoms with Crippen LogP contribution in [0.25, 0.3) is 0 Å². The van der Waals surface area contributed by atoms with Crippen molar-refractivity contribution in [2.24, 2.45) is 0 Å². The molecular weight excluding hydrogens is 250 g/mol. The Morgan fingerprint density at radius 3 is 2.42 bits per heavy atom. The predicted octanol–water partition coefficient (Wildman–Crippen LogP) is 2.90. The van der Waals surface area contributed by atoms with Crippen molar-refractivity contribution in [2.45, 2.75) is 26.8 Å². The SMILES string of the molecule is Cc1nc(CNCCc2cc(F)cc(F)c2)oc1C. The van der Waals surface area contributed by atoms with Gasteiger partial charge in [-0.05, 0) is 44.5 Å². The molecule has 0 atom stereocenters. The lowest BCUT2D eigenvalue weighted by Crippen LogP contribution is -2.17. The Labute approximate surface area is 110 Å². The zero-order chi connectivity index (χ0) is 13.8. The van der Waals surface area contributed by atoms with Gasteiger partial charge in [0.1, 0.15) is 17.4 Å². The third-order valence-corrected chi connectivity index (χ3v) is 2.86. The number of halogens is 2. The second kappa shape index (κ2) is 5.93. The van der Waals surface area contributed by atoms with Crippen molar-refractivity contribution < 1.29 is 13.2 Å². The number of benzene rings is 1. The summed E-state index contributed by atoms with van der Waals surface area (Å²) in [6, 6.07) is 3.55. The molecule has 3 nitrogen and oxygen atoms in total. The molecule has 2 rings (SSSR count). The molecule has 1 aromatic heterocycles. The quantitative estimate of drug-likeness (QED) is 0.846. The van der Waals surface area contributed by atoms with Crippen LogP contribution < -0.4 is 5.32 Å². The van der Waals surface area contributed by atoms with Gasteiger partial charge >= 0.3 is 0 Å². The Morgan fingerprint density at radius 1 is 1.16 bits per heavy atom. The number of hydrogen-bond donors (Lipinski definition) is 1. The lowest BCUT2D eigenvalue weighted by molar-refractivity contribution is 0.449. The molecule has 5 heteroatoms. The summed E-state index contributed by atoms with van der Waals surface area (Å²) in [6.07, 6.45) is 0.549. The second-order valence-electron chi connectivity index (χ2n) is 4.45. The summed E-state index contributed by atoms with van der Waals surface area (Å²) in [7, 11) is 0. The van der Waals surface area contributed by atoms with Gasteiger partial charge in [-0.2, -0.15) is 0 Å². The van der Waals surface area contributed by atoms with E-state index in [4.69, 9.17) is 4.42 Å². The molecule has 0 spiro atoms. The highest BCUT2D eigenvalue weighted by Crippen LogP contribution is 2.09. The average Bonchev–Trinajstić information content (AvgIpc) is 2.63. The van der Waals surface area contributed by atoms with E-state index in [1.54, 1.807) is 0 Å². The van der Waals surface area contributed by atoms with E-state index in [1.165, 1.54) is 12.1 Å². The van der Waals surface area contributed by atoms with Gasteiger partial charge in [0, 0.05) is 6.07 Å². The van der Waals surface area contributed by atoms with Crippen molar-refractivity contribution in [3.63, 3.8) is 0 Å². The first kappa shape index (κ1) is 13.7. The van der Waals surface area contributed by atoms with E-state index in [0.29, 0.717) is 31.0 Å². The van der Waals surface area contributed by atoms with Crippen LogP contribution in [0.1, 0.15) is 22.9 Å². The monoisotopic (exact) mass is 266 g/mol. The van der Waals surface area contributed by atoms with Crippen LogP contribution in [0.2, 0.25) is 0 Å². The number of nitrogens with zero attached hydrogens (tertiary/aromatic N) is 1. The van der Waals surface area contributed by atoms with Gasteiger partial charge < -0.3 is 9.73 Å². The lowest BCUT2D eigenvalue weighted by Gasteiger charge is -2.03. The van der Waals surface area contributed by atoms with Crippen molar-refractivity contribution in [1.82, 2.24) is 10.3 Å². The van der Waals surface area contributed by atoms with Crippen LogP contribution in [-0.4, -0.2) is 11.5 Å². The van der Waals surface area contributed by atoms with Gasteiger partial charge in [0.2, 0.25) is 5.89 Å². The van der Waals surface area contributed by atoms with E-state index in [9.17, 15) is 8.78 Å². The minimum absolute atomic E-state index is 0.506. The molecule has 0 aliphatic rings. The third kappa shape index (κ3) is 3.86. The Balaban J connectivity index is 1.80. The molecule has 0 saturated heterocycles. The van der Waals surface area contributed by atoms with Crippen LogP contribution in [-0.2, 0) is 13.0 Å². The summed E-state index contributed by atoms with van der Waals surface area (Å²) >= 11 is 0. The summed E-state index contributed by atoms with van der Waals surface area (Å²) in [4.78, 5) is 4.23. The van der Waals surface area contributed by atoms with Gasteiger partial charge in [-0.1, -0.05) is 0 Å². The minimum atomic E-state index is -0.547. The van der Waals surface area contributed by atoms with Gasteiger partial charge in [-0.3, -0.25) is 0 Å². The molecule has 0 bridgehead atoms. The number of nitrogens with one attached hydrogen (secondary N) is 1. The summed E-state index contributed by atoms with van der Waals surface area (Å²) in [6.45, 7) is 4.86. The highest BCUT2D eigenvalue weighted by Gasteiger charge is 2.05. The van der Waals surface area contributed by atoms with Gasteiger partial charge in [-0.15, -0.1) is 0 Å². The van der Waals surface area contributed by atoms with E-state index in [0.717, 1.165) is 17.5 Å². The Kier molecular flexibility index (Phi) is 4.27. The van der Waals surface area contributed by atoms with Crippen molar-refractivity contribution in [3.8, 4) is 0 Å². The summed E-state index contributed by atoms with van der Waals surface area (Å²) in [5.74, 6) is 0.340. The van der Waals surface area contributed by atoms with Crippen LogP contribution >= 0.6 is 0 Å². The van der Waals surface area contributed by atoms with E-state index >= 15 is 0 Å². The minimum Gasteiger partial charge on any atom is -0.444 e. The first-order chi connectivity index (χ1) is 9.04. The first-order valence-corrected chi connectivity index (χ1v) is 6.13. The first-order valence-electron chi connectivity index (χ1n) is 6.13. The van der Waals surface area contributed by atoms with Crippen LogP contribution in [0.3, 0.4) is 0 Å². The molecule has 1 aromatic carbocycles. The highest BCUT2D eigenvalue weighted by molar-refractivity contribution is 5.18. The molecule has 1 heterocycles. The molecule has 2 aromatic rings. The maximum atomic E-state index is 13.0. The average molecular weight is 266 g/mol. The number of rotatable bonds is 5. The largest absolute Gasteiger partial charge is 0.444 e. The van der Waals surface area contributed by atoms with Gasteiger partial charge in [0.25, 0.3) is 0 Å². The normalized spacial score (nSPS) is 10.9.